The van der Waals surface area contributed by atoms with E-state index in [1.807, 2.05) is 0 Å². The highest BCUT2D eigenvalue weighted by molar-refractivity contribution is 14.1. The van der Waals surface area contributed by atoms with Crippen molar-refractivity contribution < 1.29 is 33.3 Å². The maximum atomic E-state index is 11.9. The number of halogens is 1. The van der Waals surface area contributed by atoms with Gasteiger partial charge in [0.15, 0.2) is 5.96 Å². The summed E-state index contributed by atoms with van der Waals surface area (Å²) >= 11 is 1.64. The SMILES string of the molecule is NCCOCCOCC(=O)NCCOCCOCC(=O)N[C@@H](CCCN=C(N)N)C(=O)I. The van der Waals surface area contributed by atoms with E-state index >= 15 is 0 Å². The third-order valence-electron chi connectivity index (χ3n) is 3.60. The lowest BCUT2D eigenvalue weighted by molar-refractivity contribution is -0.129. The van der Waals surface area contributed by atoms with E-state index in [1.165, 1.54) is 0 Å². The summed E-state index contributed by atoms with van der Waals surface area (Å²) in [5, 5.41) is 5.26. The van der Waals surface area contributed by atoms with Crippen LogP contribution in [0.4, 0.5) is 0 Å². The Bertz CT molecular complexity index is 564. The summed E-state index contributed by atoms with van der Waals surface area (Å²) < 4.78 is 20.6. The number of nitrogens with two attached hydrogens (primary N) is 3. The Balaban J connectivity index is 3.65. The van der Waals surface area contributed by atoms with Crippen LogP contribution in [0.2, 0.25) is 0 Å². The monoisotopic (exact) mass is 574 g/mol. The standard InChI is InChI=1S/C18H35IN6O7/c19-17(28)14(2-1-4-24-18(21)22)25-16(27)13-32-11-9-30-7-5-23-15(26)12-31-10-8-29-6-3-20/h14H,1-13,20H2,(H,23,26)(H,25,27)(H4,21,22,24)/t14-/m0/s1. The molecule has 0 unspecified atom stereocenters. The first-order valence-corrected chi connectivity index (χ1v) is 11.3. The number of aliphatic imine (C=N–C) groups is 1. The topological polar surface area (TPSA) is 203 Å². The van der Waals surface area contributed by atoms with Gasteiger partial charge in [0.05, 0.1) is 45.7 Å². The molecule has 0 aromatic rings. The number of hydrogen-bond donors (Lipinski definition) is 5. The number of carbonyl (C=O) groups excluding carboxylic acids is 3. The molecule has 0 aliphatic rings. The molecule has 0 aromatic heterocycles. The van der Waals surface area contributed by atoms with Gasteiger partial charge in [-0.25, -0.2) is 0 Å². The second-order valence-electron chi connectivity index (χ2n) is 6.34. The normalized spacial score (nSPS) is 11.6. The molecule has 0 aromatic carbocycles. The molecular weight excluding hydrogens is 539 g/mol. The number of amides is 2. The second-order valence-corrected chi connectivity index (χ2v) is 7.40. The molecule has 0 saturated heterocycles. The Morgan fingerprint density at radius 1 is 0.875 bits per heavy atom. The summed E-state index contributed by atoms with van der Waals surface area (Å²) in [5.74, 6) is -0.667. The van der Waals surface area contributed by atoms with E-state index in [0.717, 1.165) is 0 Å². The van der Waals surface area contributed by atoms with Crippen LogP contribution in [0.15, 0.2) is 4.99 Å². The third-order valence-corrected chi connectivity index (χ3v) is 4.35. The van der Waals surface area contributed by atoms with Crippen molar-refractivity contribution in [1.29, 1.82) is 0 Å². The molecule has 0 bridgehead atoms. The van der Waals surface area contributed by atoms with Gasteiger partial charge in [0, 0.05) is 42.2 Å². The number of rotatable bonds is 21. The Morgan fingerprint density at radius 3 is 2.06 bits per heavy atom. The van der Waals surface area contributed by atoms with Gasteiger partial charge in [0.1, 0.15) is 13.2 Å². The maximum Gasteiger partial charge on any atom is 0.246 e. The van der Waals surface area contributed by atoms with Crippen molar-refractivity contribution in [2.45, 2.75) is 18.9 Å². The molecule has 2 amide bonds. The lowest BCUT2D eigenvalue weighted by Gasteiger charge is -2.14. The fraction of sp³-hybridized carbons (Fsp3) is 0.778. The van der Waals surface area contributed by atoms with Crippen LogP contribution in [0.1, 0.15) is 12.8 Å². The summed E-state index contributed by atoms with van der Waals surface area (Å²) in [6, 6.07) is -0.622. The zero-order valence-corrected chi connectivity index (χ0v) is 20.3. The number of nitrogens with zero attached hydrogens (tertiary/aromatic N) is 1. The highest BCUT2D eigenvalue weighted by Gasteiger charge is 2.17. The second kappa shape index (κ2) is 21.3. The number of carbonyl (C=O) groups is 3. The first kappa shape index (κ1) is 30.4. The molecule has 1 atom stereocenters. The van der Waals surface area contributed by atoms with Crippen LogP contribution in [0, 0.1) is 0 Å². The maximum absolute atomic E-state index is 11.9. The van der Waals surface area contributed by atoms with Gasteiger partial charge in [-0.3, -0.25) is 19.4 Å². The van der Waals surface area contributed by atoms with Gasteiger partial charge in [-0.05, 0) is 12.8 Å². The Labute approximate surface area is 201 Å². The van der Waals surface area contributed by atoms with E-state index in [0.29, 0.717) is 58.9 Å². The summed E-state index contributed by atoms with van der Waals surface area (Å²) in [4.78, 5) is 38.9. The van der Waals surface area contributed by atoms with Crippen LogP contribution in [0.3, 0.4) is 0 Å². The average Bonchev–Trinajstić information content (AvgIpc) is 2.74. The van der Waals surface area contributed by atoms with Crippen LogP contribution in [0.5, 0.6) is 0 Å². The minimum absolute atomic E-state index is 0.0151. The van der Waals surface area contributed by atoms with Gasteiger partial charge in [-0.1, -0.05) is 0 Å². The van der Waals surface area contributed by atoms with Crippen LogP contribution in [-0.4, -0.2) is 100 Å². The van der Waals surface area contributed by atoms with Crippen LogP contribution in [-0.2, 0) is 33.3 Å². The molecule has 8 N–H and O–H groups in total. The van der Waals surface area contributed by atoms with Crippen molar-refractivity contribution in [1.82, 2.24) is 10.6 Å². The van der Waals surface area contributed by atoms with E-state index in [-0.39, 0.29) is 42.1 Å². The van der Waals surface area contributed by atoms with E-state index in [2.05, 4.69) is 15.6 Å². The van der Waals surface area contributed by atoms with Gasteiger partial charge in [0.25, 0.3) is 0 Å². The van der Waals surface area contributed by atoms with Crippen LogP contribution in [0.25, 0.3) is 0 Å². The van der Waals surface area contributed by atoms with Gasteiger partial charge >= 0.3 is 0 Å². The highest BCUT2D eigenvalue weighted by Crippen LogP contribution is 2.04. The molecule has 0 heterocycles. The Kier molecular flexibility index (Phi) is 20.2. The fourth-order valence-electron chi connectivity index (χ4n) is 2.15. The van der Waals surface area contributed by atoms with Crippen molar-refractivity contribution in [2.24, 2.45) is 22.2 Å². The zero-order chi connectivity index (χ0) is 24.0. The molecule has 32 heavy (non-hydrogen) atoms. The summed E-state index contributed by atoms with van der Waals surface area (Å²) in [6.07, 6.45) is 0.977. The molecule has 13 nitrogen and oxygen atoms in total. The third kappa shape index (κ3) is 20.3. The van der Waals surface area contributed by atoms with E-state index < -0.39 is 11.9 Å². The van der Waals surface area contributed by atoms with Gasteiger partial charge < -0.3 is 46.8 Å². The predicted octanol–water partition coefficient (Wildman–Crippen LogP) is -2.37. The highest BCUT2D eigenvalue weighted by atomic mass is 127. The number of nitrogens with one attached hydrogen (secondary N) is 2. The van der Waals surface area contributed by atoms with E-state index in [4.69, 9.17) is 36.1 Å². The van der Waals surface area contributed by atoms with Crippen molar-refractivity contribution in [2.75, 3.05) is 72.5 Å². The molecule has 186 valence electrons. The quantitative estimate of drug-likeness (QED) is 0.0324. The Morgan fingerprint density at radius 2 is 1.47 bits per heavy atom. The number of hydrogen-bond acceptors (Lipinski definition) is 9. The van der Waals surface area contributed by atoms with Gasteiger partial charge in [0.2, 0.25) is 15.6 Å². The number of guanidine groups is 1. The Hall–Kier alpha value is -1.59. The van der Waals surface area contributed by atoms with Crippen molar-refractivity contribution in [3.05, 3.63) is 0 Å². The molecule has 0 aliphatic heterocycles. The largest absolute Gasteiger partial charge is 0.378 e. The lowest BCUT2D eigenvalue weighted by atomic mass is 10.2. The zero-order valence-electron chi connectivity index (χ0n) is 18.2. The van der Waals surface area contributed by atoms with E-state index in [9.17, 15) is 14.4 Å². The molecule has 0 rings (SSSR count). The minimum Gasteiger partial charge on any atom is -0.378 e. The molecule has 0 spiro atoms. The lowest BCUT2D eigenvalue weighted by Crippen LogP contribution is -2.41. The van der Waals surface area contributed by atoms with Crippen LogP contribution >= 0.6 is 22.6 Å². The first-order valence-electron chi connectivity index (χ1n) is 10.2. The van der Waals surface area contributed by atoms with Crippen LogP contribution < -0.4 is 27.8 Å². The molecule has 0 aliphatic carbocycles. The van der Waals surface area contributed by atoms with Crippen molar-refractivity contribution >= 4 is 44.2 Å². The van der Waals surface area contributed by atoms with Gasteiger partial charge in [-0.15, -0.1) is 0 Å². The smallest absolute Gasteiger partial charge is 0.246 e. The summed E-state index contributed by atoms with van der Waals surface area (Å²) in [7, 11) is 0. The number of ether oxygens (including phenoxy) is 4. The first-order chi connectivity index (χ1) is 15.4. The predicted molar refractivity (Wildman–Crippen MR) is 126 cm³/mol. The van der Waals surface area contributed by atoms with Gasteiger partial charge in [-0.2, -0.15) is 0 Å². The fourth-order valence-corrected chi connectivity index (χ4v) is 2.62. The molecular formula is C18H35IN6O7. The minimum atomic E-state index is -0.622. The average molecular weight is 574 g/mol. The van der Waals surface area contributed by atoms with E-state index in [1.54, 1.807) is 22.6 Å². The molecule has 0 radical (unpaired) electrons. The van der Waals surface area contributed by atoms with Crippen molar-refractivity contribution in [3.63, 3.8) is 0 Å². The molecule has 0 fully saturated rings. The van der Waals surface area contributed by atoms with Crippen molar-refractivity contribution in [3.8, 4) is 0 Å². The summed E-state index contributed by atoms with van der Waals surface area (Å²) in [5.41, 5.74) is 15.7. The molecule has 14 heteroatoms. The summed E-state index contributed by atoms with van der Waals surface area (Å²) in [6.45, 7) is 2.81. The molecule has 0 saturated carbocycles.